The van der Waals surface area contributed by atoms with Gasteiger partial charge >= 0.3 is 0 Å². The summed E-state index contributed by atoms with van der Waals surface area (Å²) in [5, 5.41) is 4.30. The molecule has 4 rings (SSSR count). The lowest BCUT2D eigenvalue weighted by Crippen LogP contribution is -3.00. The molecule has 0 N–H and O–H groups in total. The minimum absolute atomic E-state index is 0. The van der Waals surface area contributed by atoms with Gasteiger partial charge < -0.3 is 24.0 Å². The fourth-order valence-electron chi connectivity index (χ4n) is 3.63. The van der Waals surface area contributed by atoms with E-state index in [0.717, 1.165) is 6.16 Å². The third-order valence-corrected chi connectivity index (χ3v) is 9.23. The predicted molar refractivity (Wildman–Crippen MR) is 126 cm³/mol. The summed E-state index contributed by atoms with van der Waals surface area (Å²) in [5.41, 5.74) is 1.39. The van der Waals surface area contributed by atoms with Crippen LogP contribution < -0.4 is 39.9 Å². The minimum Gasteiger partial charge on any atom is -1.00 e. The van der Waals surface area contributed by atoms with Gasteiger partial charge in [0.05, 0.1) is 6.16 Å². The van der Waals surface area contributed by atoms with E-state index in [-0.39, 0.29) is 33.9 Å². The highest BCUT2D eigenvalue weighted by Crippen LogP contribution is 2.58. The lowest BCUT2D eigenvalue weighted by molar-refractivity contribution is -0.00000517. The Kier molecular flexibility index (Phi) is 8.83. The fraction of sp³-hybridized carbons (Fsp3) is 0.0400. The van der Waals surface area contributed by atoms with Crippen LogP contribution in [0.25, 0.3) is 0 Å². The minimum atomic E-state index is -1.78. The summed E-state index contributed by atoms with van der Waals surface area (Å²) in [6, 6.07) is 44.0. The summed E-state index contributed by atoms with van der Waals surface area (Å²) in [6.45, 7) is 0. The van der Waals surface area contributed by atoms with Gasteiger partial charge in [-0.15, -0.1) is 0 Å². The first-order valence-corrected chi connectivity index (χ1v) is 11.0. The van der Waals surface area contributed by atoms with Crippen LogP contribution in [0.2, 0.25) is 0 Å². The fourth-order valence-corrected chi connectivity index (χ4v) is 7.87. The molecule has 28 heavy (non-hydrogen) atoms. The molecular weight excluding hydrogens is 489 g/mol. The SMILES string of the molecule is P.[I-].c1ccc(C[P+](c2ccccc2)(c2ccccc2)c2ccccc2)cc1. The molecule has 0 aliphatic carbocycles. The first-order valence-electron chi connectivity index (χ1n) is 8.98. The Labute approximate surface area is 189 Å². The van der Waals surface area contributed by atoms with Gasteiger partial charge in [-0.3, -0.25) is 0 Å². The summed E-state index contributed by atoms with van der Waals surface area (Å²) < 4.78 is 0. The second-order valence-corrected chi connectivity index (χ2v) is 9.95. The van der Waals surface area contributed by atoms with Crippen LogP contribution in [0, 0.1) is 0 Å². The molecule has 0 fully saturated rings. The maximum absolute atomic E-state index is 2.30. The smallest absolute Gasteiger partial charge is 0.116 e. The van der Waals surface area contributed by atoms with Crippen LogP contribution in [0.1, 0.15) is 5.56 Å². The van der Waals surface area contributed by atoms with Crippen molar-refractivity contribution in [3.63, 3.8) is 0 Å². The molecule has 0 saturated carbocycles. The molecule has 0 radical (unpaired) electrons. The van der Waals surface area contributed by atoms with Gasteiger partial charge in [0.15, 0.2) is 0 Å². The third-order valence-electron chi connectivity index (χ3n) is 4.85. The number of benzene rings is 4. The number of rotatable bonds is 5. The van der Waals surface area contributed by atoms with Gasteiger partial charge in [0.25, 0.3) is 0 Å². The number of halogens is 1. The zero-order chi connectivity index (χ0) is 17.7. The highest BCUT2D eigenvalue weighted by Gasteiger charge is 2.45. The Morgan fingerprint density at radius 2 is 0.714 bits per heavy atom. The summed E-state index contributed by atoms with van der Waals surface area (Å²) in [6.07, 6.45) is 1.03. The Hall–Kier alpha value is -1.53. The summed E-state index contributed by atoms with van der Waals surface area (Å²) in [5.74, 6) is 0. The lowest BCUT2D eigenvalue weighted by Gasteiger charge is -2.27. The molecule has 0 nitrogen and oxygen atoms in total. The van der Waals surface area contributed by atoms with E-state index in [1.165, 1.54) is 21.5 Å². The molecule has 0 amide bonds. The van der Waals surface area contributed by atoms with E-state index >= 15 is 0 Å². The maximum atomic E-state index is 2.30. The van der Waals surface area contributed by atoms with E-state index in [1.807, 2.05) is 0 Å². The number of hydrogen-bond acceptors (Lipinski definition) is 0. The molecule has 4 aromatic carbocycles. The highest BCUT2D eigenvalue weighted by molar-refractivity contribution is 7.95. The molecule has 0 bridgehead atoms. The molecule has 1 unspecified atom stereocenters. The topological polar surface area (TPSA) is 0 Å². The van der Waals surface area contributed by atoms with Crippen LogP contribution in [0.3, 0.4) is 0 Å². The first-order chi connectivity index (χ1) is 12.9. The van der Waals surface area contributed by atoms with Crippen molar-refractivity contribution in [2.45, 2.75) is 6.16 Å². The standard InChI is InChI=1S/C25H22P.HI.H3P/c1-5-13-22(14-6-1)21-26(23-15-7-2-8-16-23,24-17-9-3-10-18-24)25-19-11-4-12-20-25;;/h1-20H,21H2;1H;1H3/q+1;;/p-1. The Balaban J connectivity index is 0.00000140. The molecule has 0 aliphatic heterocycles. The van der Waals surface area contributed by atoms with Gasteiger partial charge in [0.2, 0.25) is 0 Å². The Morgan fingerprint density at radius 3 is 1.04 bits per heavy atom. The summed E-state index contributed by atoms with van der Waals surface area (Å²) in [7, 11) is -1.78. The zero-order valence-corrected chi connectivity index (χ0v) is 20.3. The average Bonchev–Trinajstić information content (AvgIpc) is 2.75. The second-order valence-electron chi connectivity index (χ2n) is 6.46. The molecule has 0 saturated heterocycles. The van der Waals surface area contributed by atoms with Gasteiger partial charge in [0.1, 0.15) is 23.2 Å². The van der Waals surface area contributed by atoms with Gasteiger partial charge in [-0.1, -0.05) is 84.9 Å². The predicted octanol–water partition coefficient (Wildman–Crippen LogP) is 2.24. The molecule has 0 spiro atoms. The average molecular weight is 514 g/mol. The van der Waals surface area contributed by atoms with Crippen molar-refractivity contribution in [2.75, 3.05) is 0 Å². The zero-order valence-electron chi connectivity index (χ0n) is 15.8. The van der Waals surface area contributed by atoms with Crippen LogP contribution in [-0.4, -0.2) is 0 Å². The van der Waals surface area contributed by atoms with E-state index < -0.39 is 7.26 Å². The van der Waals surface area contributed by atoms with Crippen LogP contribution in [-0.2, 0) is 6.16 Å². The third kappa shape index (κ3) is 4.71. The van der Waals surface area contributed by atoms with Crippen molar-refractivity contribution in [1.82, 2.24) is 0 Å². The monoisotopic (exact) mass is 514 g/mol. The molecule has 4 aromatic rings. The first kappa shape index (κ1) is 22.8. The van der Waals surface area contributed by atoms with E-state index in [1.54, 1.807) is 0 Å². The van der Waals surface area contributed by atoms with Crippen LogP contribution >= 0.6 is 17.2 Å². The van der Waals surface area contributed by atoms with E-state index in [0.29, 0.717) is 0 Å². The molecule has 1 atom stereocenters. The van der Waals surface area contributed by atoms with Crippen LogP contribution in [0.4, 0.5) is 0 Å². The van der Waals surface area contributed by atoms with E-state index in [2.05, 4.69) is 121 Å². The van der Waals surface area contributed by atoms with Crippen molar-refractivity contribution in [2.24, 2.45) is 0 Å². The molecule has 3 heteroatoms. The maximum Gasteiger partial charge on any atom is 0.116 e. The normalized spacial score (nSPS) is 10.4. The van der Waals surface area contributed by atoms with Crippen molar-refractivity contribution < 1.29 is 24.0 Å². The Morgan fingerprint density at radius 1 is 0.429 bits per heavy atom. The lowest BCUT2D eigenvalue weighted by atomic mass is 10.2. The summed E-state index contributed by atoms with van der Waals surface area (Å²) in [4.78, 5) is 0. The van der Waals surface area contributed by atoms with Crippen LogP contribution in [0.5, 0.6) is 0 Å². The largest absolute Gasteiger partial charge is 1.00 e. The highest BCUT2D eigenvalue weighted by atomic mass is 127. The molecular formula is C25H25IP2. The summed E-state index contributed by atoms with van der Waals surface area (Å²) >= 11 is 0. The quantitative estimate of drug-likeness (QED) is 0.283. The van der Waals surface area contributed by atoms with Gasteiger partial charge in [-0.25, -0.2) is 0 Å². The number of hydrogen-bond donors (Lipinski definition) is 0. The van der Waals surface area contributed by atoms with Gasteiger partial charge in [0, 0.05) is 0 Å². The van der Waals surface area contributed by atoms with Crippen molar-refractivity contribution >= 4 is 33.1 Å². The van der Waals surface area contributed by atoms with Crippen molar-refractivity contribution in [1.29, 1.82) is 0 Å². The van der Waals surface area contributed by atoms with Crippen molar-refractivity contribution in [3.8, 4) is 0 Å². The second kappa shape index (κ2) is 10.9. The van der Waals surface area contributed by atoms with E-state index in [9.17, 15) is 0 Å². The molecule has 0 heterocycles. The Bertz CT molecular complexity index is 846. The van der Waals surface area contributed by atoms with Crippen molar-refractivity contribution in [3.05, 3.63) is 127 Å². The van der Waals surface area contributed by atoms with Gasteiger partial charge in [-0.2, -0.15) is 9.90 Å². The van der Waals surface area contributed by atoms with Gasteiger partial charge in [-0.05, 0) is 42.0 Å². The van der Waals surface area contributed by atoms with E-state index in [4.69, 9.17) is 0 Å². The molecule has 0 aromatic heterocycles. The molecule has 0 aliphatic rings. The van der Waals surface area contributed by atoms with Crippen LogP contribution in [0.15, 0.2) is 121 Å². The molecule has 142 valence electrons.